The molecule has 2 atom stereocenters. The van der Waals surface area contributed by atoms with Gasteiger partial charge >= 0.3 is 0 Å². The smallest absolute Gasteiger partial charge is 0.137 e. The predicted molar refractivity (Wildman–Crippen MR) is 133 cm³/mol. The SMILES string of the molecule is COc1cc2c(cc1Cl)CCCC(N(Cc1ccccc1)C[C@H](O)COc1ccccc1)C2. The largest absolute Gasteiger partial charge is 0.495 e. The molecule has 0 aromatic heterocycles. The van der Waals surface area contributed by atoms with E-state index in [0.29, 0.717) is 17.6 Å². The molecule has 174 valence electrons. The van der Waals surface area contributed by atoms with E-state index < -0.39 is 6.10 Å². The van der Waals surface area contributed by atoms with Gasteiger partial charge < -0.3 is 14.6 Å². The number of halogens is 1. The molecule has 0 fully saturated rings. The number of benzene rings is 3. The fraction of sp³-hybridized carbons (Fsp3) is 0.357. The molecule has 0 heterocycles. The summed E-state index contributed by atoms with van der Waals surface area (Å²) in [4.78, 5) is 2.41. The van der Waals surface area contributed by atoms with Gasteiger partial charge in [-0.05, 0) is 66.6 Å². The average molecular weight is 466 g/mol. The van der Waals surface area contributed by atoms with Gasteiger partial charge in [0.2, 0.25) is 0 Å². The lowest BCUT2D eigenvalue weighted by Crippen LogP contribution is -2.42. The topological polar surface area (TPSA) is 41.9 Å². The van der Waals surface area contributed by atoms with Gasteiger partial charge in [0.25, 0.3) is 0 Å². The Morgan fingerprint density at radius 3 is 2.48 bits per heavy atom. The third kappa shape index (κ3) is 6.50. The van der Waals surface area contributed by atoms with Gasteiger partial charge in [-0.2, -0.15) is 0 Å². The first-order chi connectivity index (χ1) is 16.1. The summed E-state index contributed by atoms with van der Waals surface area (Å²) in [6.07, 6.45) is 3.48. The minimum Gasteiger partial charge on any atom is -0.495 e. The van der Waals surface area contributed by atoms with Crippen LogP contribution >= 0.6 is 11.6 Å². The van der Waals surface area contributed by atoms with Gasteiger partial charge in [-0.15, -0.1) is 0 Å². The zero-order chi connectivity index (χ0) is 23.0. The van der Waals surface area contributed by atoms with E-state index in [2.05, 4.69) is 41.3 Å². The number of hydrogen-bond acceptors (Lipinski definition) is 4. The molecule has 0 radical (unpaired) electrons. The van der Waals surface area contributed by atoms with Crippen molar-refractivity contribution >= 4 is 11.6 Å². The molecule has 5 heteroatoms. The third-order valence-corrected chi connectivity index (χ3v) is 6.58. The summed E-state index contributed by atoms with van der Waals surface area (Å²) in [5.74, 6) is 1.50. The third-order valence-electron chi connectivity index (χ3n) is 6.29. The van der Waals surface area contributed by atoms with Gasteiger partial charge in [-0.25, -0.2) is 0 Å². The molecule has 0 saturated carbocycles. The first kappa shape index (κ1) is 23.6. The van der Waals surface area contributed by atoms with Crippen LogP contribution in [0, 0.1) is 0 Å². The van der Waals surface area contributed by atoms with Crippen LogP contribution in [0.4, 0.5) is 0 Å². The molecular weight excluding hydrogens is 434 g/mol. The summed E-state index contributed by atoms with van der Waals surface area (Å²) >= 11 is 6.39. The molecule has 4 rings (SSSR count). The molecule has 33 heavy (non-hydrogen) atoms. The molecule has 0 saturated heterocycles. The number of aliphatic hydroxyl groups excluding tert-OH is 1. The molecule has 0 aliphatic heterocycles. The van der Waals surface area contributed by atoms with Gasteiger partial charge in [-0.3, -0.25) is 4.90 Å². The number of aryl methyl sites for hydroxylation is 1. The normalized spacial score (nSPS) is 16.7. The fourth-order valence-corrected chi connectivity index (χ4v) is 4.87. The Bertz CT molecular complexity index is 1010. The maximum Gasteiger partial charge on any atom is 0.137 e. The van der Waals surface area contributed by atoms with Crippen molar-refractivity contribution in [3.63, 3.8) is 0 Å². The maximum absolute atomic E-state index is 10.9. The van der Waals surface area contributed by atoms with Gasteiger partial charge in [0.05, 0.1) is 12.1 Å². The Balaban J connectivity index is 1.51. The van der Waals surface area contributed by atoms with Gasteiger partial charge in [0.1, 0.15) is 24.2 Å². The predicted octanol–water partition coefficient (Wildman–Crippen LogP) is 5.54. The number of ether oxygens (including phenoxy) is 2. The van der Waals surface area contributed by atoms with E-state index in [-0.39, 0.29) is 6.61 Å². The van der Waals surface area contributed by atoms with Crippen molar-refractivity contribution in [2.24, 2.45) is 0 Å². The van der Waals surface area contributed by atoms with E-state index in [4.69, 9.17) is 21.1 Å². The second-order valence-corrected chi connectivity index (χ2v) is 9.11. The van der Waals surface area contributed by atoms with Crippen LogP contribution in [-0.4, -0.2) is 42.4 Å². The van der Waals surface area contributed by atoms with Crippen molar-refractivity contribution in [1.82, 2.24) is 4.90 Å². The Morgan fingerprint density at radius 2 is 1.76 bits per heavy atom. The molecule has 0 amide bonds. The lowest BCUT2D eigenvalue weighted by molar-refractivity contribution is 0.0463. The van der Waals surface area contributed by atoms with Crippen molar-refractivity contribution in [3.05, 3.63) is 94.5 Å². The number of methoxy groups -OCH3 is 1. The number of rotatable bonds is 9. The zero-order valence-electron chi connectivity index (χ0n) is 19.1. The Kier molecular flexibility index (Phi) is 8.27. The molecule has 1 aliphatic rings. The molecule has 3 aromatic rings. The summed E-state index contributed by atoms with van der Waals surface area (Å²) in [6, 6.07) is 24.6. The van der Waals surface area contributed by atoms with Crippen molar-refractivity contribution < 1.29 is 14.6 Å². The summed E-state index contributed by atoms with van der Waals surface area (Å²) < 4.78 is 11.3. The number of hydrogen-bond donors (Lipinski definition) is 1. The van der Waals surface area contributed by atoms with Crippen molar-refractivity contribution in [1.29, 1.82) is 0 Å². The molecule has 4 nitrogen and oxygen atoms in total. The van der Waals surface area contributed by atoms with E-state index in [1.807, 2.05) is 36.4 Å². The highest BCUT2D eigenvalue weighted by molar-refractivity contribution is 6.32. The van der Waals surface area contributed by atoms with E-state index in [9.17, 15) is 5.11 Å². The van der Waals surface area contributed by atoms with E-state index >= 15 is 0 Å². The highest BCUT2D eigenvalue weighted by Crippen LogP contribution is 2.33. The summed E-state index contributed by atoms with van der Waals surface area (Å²) in [6.45, 7) is 1.60. The highest BCUT2D eigenvalue weighted by Gasteiger charge is 2.26. The van der Waals surface area contributed by atoms with Crippen molar-refractivity contribution in [3.8, 4) is 11.5 Å². The minimum atomic E-state index is -0.587. The maximum atomic E-state index is 10.9. The van der Waals surface area contributed by atoms with E-state index in [0.717, 1.165) is 43.7 Å². The zero-order valence-corrected chi connectivity index (χ0v) is 19.9. The van der Waals surface area contributed by atoms with Crippen LogP contribution in [0.2, 0.25) is 5.02 Å². The van der Waals surface area contributed by atoms with Crippen LogP contribution in [-0.2, 0) is 19.4 Å². The van der Waals surface area contributed by atoms with Crippen LogP contribution < -0.4 is 9.47 Å². The second-order valence-electron chi connectivity index (χ2n) is 8.70. The highest BCUT2D eigenvalue weighted by atomic mass is 35.5. The Labute approximate surface area is 201 Å². The molecule has 1 unspecified atom stereocenters. The number of nitrogens with zero attached hydrogens (tertiary/aromatic N) is 1. The standard InChI is InChI=1S/C28H32ClNO3/c1-32-28-17-23-15-24(12-8-11-22(23)16-27(28)29)30(18-21-9-4-2-5-10-21)19-25(31)20-33-26-13-6-3-7-14-26/h2-7,9-10,13-14,16-17,24-25,31H,8,11-12,15,18-20H2,1H3/t24?,25-/m0/s1. The van der Waals surface area contributed by atoms with Gasteiger partial charge in [0, 0.05) is 19.1 Å². The number of aliphatic hydroxyl groups is 1. The van der Waals surface area contributed by atoms with Crippen LogP contribution in [0.3, 0.4) is 0 Å². The van der Waals surface area contributed by atoms with Crippen LogP contribution in [0.25, 0.3) is 0 Å². The first-order valence-electron chi connectivity index (χ1n) is 11.6. The Morgan fingerprint density at radius 1 is 1.03 bits per heavy atom. The number of para-hydroxylation sites is 1. The first-order valence-corrected chi connectivity index (χ1v) is 12.0. The van der Waals surface area contributed by atoms with E-state index in [1.54, 1.807) is 7.11 Å². The Hall–Kier alpha value is -2.53. The monoisotopic (exact) mass is 465 g/mol. The molecule has 0 bridgehead atoms. The molecule has 3 aromatic carbocycles. The molecule has 1 aliphatic carbocycles. The van der Waals surface area contributed by atoms with Gasteiger partial charge in [0.15, 0.2) is 0 Å². The van der Waals surface area contributed by atoms with Crippen LogP contribution in [0.1, 0.15) is 29.5 Å². The summed E-state index contributed by atoms with van der Waals surface area (Å²) in [5, 5.41) is 11.5. The fourth-order valence-electron chi connectivity index (χ4n) is 4.60. The van der Waals surface area contributed by atoms with E-state index in [1.165, 1.54) is 16.7 Å². The second kappa shape index (κ2) is 11.6. The molecule has 0 spiro atoms. The van der Waals surface area contributed by atoms with Crippen LogP contribution in [0.15, 0.2) is 72.8 Å². The number of fused-ring (bicyclic) bond motifs is 1. The van der Waals surface area contributed by atoms with Crippen LogP contribution in [0.5, 0.6) is 11.5 Å². The quantitative estimate of drug-likeness (QED) is 0.421. The summed E-state index contributed by atoms with van der Waals surface area (Å²) in [7, 11) is 1.66. The average Bonchev–Trinajstić information content (AvgIpc) is 3.05. The lowest BCUT2D eigenvalue weighted by atomic mass is 9.99. The molecular formula is C28H32ClNO3. The van der Waals surface area contributed by atoms with Crippen molar-refractivity contribution in [2.75, 3.05) is 20.3 Å². The molecule has 1 N–H and O–H groups in total. The lowest BCUT2D eigenvalue weighted by Gasteiger charge is -2.33. The minimum absolute atomic E-state index is 0.266. The van der Waals surface area contributed by atoms with Crippen molar-refractivity contribution in [2.45, 2.75) is 44.4 Å². The van der Waals surface area contributed by atoms with Gasteiger partial charge in [-0.1, -0.05) is 60.1 Å². The summed E-state index contributed by atoms with van der Waals surface area (Å²) in [5.41, 5.74) is 3.83.